The Bertz CT molecular complexity index is 1060. The molecule has 0 spiro atoms. The van der Waals surface area contributed by atoms with Crippen LogP contribution >= 0.6 is 15.9 Å². The van der Waals surface area contributed by atoms with Gasteiger partial charge in [0, 0.05) is 16.6 Å². The third kappa shape index (κ3) is 5.65. The zero-order chi connectivity index (χ0) is 24.3. The van der Waals surface area contributed by atoms with E-state index in [2.05, 4.69) is 15.9 Å². The first-order chi connectivity index (χ1) is 15.6. The molecule has 1 amide bonds. The Balaban J connectivity index is 2.08. The van der Waals surface area contributed by atoms with Crippen LogP contribution in [0.15, 0.2) is 52.5 Å². The first-order valence-electron chi connectivity index (χ1n) is 11.1. The lowest BCUT2D eigenvalue weighted by molar-refractivity contribution is -0.139. The minimum Gasteiger partial charge on any atom is -0.507 e. The second-order valence-electron chi connectivity index (χ2n) is 8.84. The predicted molar refractivity (Wildman–Crippen MR) is 133 cm³/mol. The van der Waals surface area contributed by atoms with E-state index in [0.29, 0.717) is 24.3 Å². The number of aryl methyl sites for hydroxylation is 1. The Kier molecular flexibility index (Phi) is 7.97. The number of ketones is 1. The molecule has 33 heavy (non-hydrogen) atoms. The molecule has 1 heterocycles. The normalized spacial score (nSPS) is 17.9. The zero-order valence-corrected chi connectivity index (χ0v) is 21.3. The summed E-state index contributed by atoms with van der Waals surface area (Å²) in [6.07, 6.45) is 0.738. The molecule has 6 nitrogen and oxygen atoms in total. The summed E-state index contributed by atoms with van der Waals surface area (Å²) in [4.78, 5) is 29.8. The van der Waals surface area contributed by atoms with Gasteiger partial charge in [0.2, 0.25) is 0 Å². The number of aliphatic hydroxyl groups is 1. The summed E-state index contributed by atoms with van der Waals surface area (Å²) >= 11 is 3.44. The van der Waals surface area contributed by atoms with E-state index in [1.54, 1.807) is 17.0 Å². The summed E-state index contributed by atoms with van der Waals surface area (Å²) in [6.45, 7) is 6.94. The van der Waals surface area contributed by atoms with Crippen LogP contribution in [-0.4, -0.2) is 59.9 Å². The van der Waals surface area contributed by atoms with Crippen molar-refractivity contribution in [2.75, 3.05) is 27.2 Å². The molecule has 0 saturated carbocycles. The molecule has 0 aromatic heterocycles. The van der Waals surface area contributed by atoms with Gasteiger partial charge in [-0.3, -0.25) is 9.59 Å². The number of benzene rings is 2. The Morgan fingerprint density at radius 3 is 2.39 bits per heavy atom. The monoisotopic (exact) mass is 514 g/mol. The number of carbonyl (C=O) groups is 2. The van der Waals surface area contributed by atoms with Crippen molar-refractivity contribution in [3.8, 4) is 5.75 Å². The van der Waals surface area contributed by atoms with Crippen molar-refractivity contribution in [1.29, 1.82) is 0 Å². The van der Waals surface area contributed by atoms with Crippen molar-refractivity contribution < 1.29 is 19.4 Å². The fourth-order valence-corrected chi connectivity index (χ4v) is 4.32. The molecular weight excluding hydrogens is 484 g/mol. The number of hydrogen-bond acceptors (Lipinski definition) is 5. The highest BCUT2D eigenvalue weighted by Crippen LogP contribution is 2.40. The van der Waals surface area contributed by atoms with Gasteiger partial charge in [-0.2, -0.15) is 0 Å². The van der Waals surface area contributed by atoms with Crippen molar-refractivity contribution in [3.63, 3.8) is 0 Å². The minimum absolute atomic E-state index is 0.0220. The molecule has 0 aliphatic carbocycles. The largest absolute Gasteiger partial charge is 0.507 e. The van der Waals surface area contributed by atoms with Gasteiger partial charge in [0.1, 0.15) is 11.5 Å². The highest BCUT2D eigenvalue weighted by Gasteiger charge is 2.45. The fraction of sp³-hybridized carbons (Fsp3) is 0.385. The summed E-state index contributed by atoms with van der Waals surface area (Å²) in [5.41, 5.74) is 2.17. The van der Waals surface area contributed by atoms with Crippen molar-refractivity contribution in [2.24, 2.45) is 0 Å². The fourth-order valence-electron chi connectivity index (χ4n) is 4.05. The average Bonchev–Trinajstić information content (AvgIpc) is 2.98. The third-order valence-corrected chi connectivity index (χ3v) is 6.08. The maximum Gasteiger partial charge on any atom is 0.295 e. The van der Waals surface area contributed by atoms with Crippen LogP contribution in [0.5, 0.6) is 5.75 Å². The van der Waals surface area contributed by atoms with Crippen LogP contribution in [0, 0.1) is 6.92 Å². The Morgan fingerprint density at radius 1 is 1.15 bits per heavy atom. The number of carbonyl (C=O) groups excluding carboxylic acids is 2. The molecule has 1 aliphatic heterocycles. The molecule has 2 aromatic rings. The first-order valence-corrected chi connectivity index (χ1v) is 11.9. The van der Waals surface area contributed by atoms with Crippen LogP contribution in [0.1, 0.15) is 43.0 Å². The molecule has 3 rings (SSSR count). The third-order valence-electron chi connectivity index (χ3n) is 5.55. The van der Waals surface area contributed by atoms with E-state index in [0.717, 1.165) is 22.1 Å². The van der Waals surface area contributed by atoms with Gasteiger partial charge in [-0.1, -0.05) is 28.1 Å². The first kappa shape index (κ1) is 25.0. The smallest absolute Gasteiger partial charge is 0.295 e. The number of aliphatic hydroxyl groups excluding tert-OH is 1. The van der Waals surface area contributed by atoms with Crippen LogP contribution in [-0.2, 0) is 9.59 Å². The molecule has 1 N–H and O–H groups in total. The molecule has 1 saturated heterocycles. The van der Waals surface area contributed by atoms with Crippen LogP contribution < -0.4 is 4.74 Å². The SMILES string of the molecule is Cc1cc(OC(C)C)ccc1C(O)=C1C(=O)C(=O)N(CCCN(C)C)[C@H]1c1ccc(Br)cc1. The molecule has 7 heteroatoms. The maximum atomic E-state index is 13.1. The molecule has 1 atom stereocenters. The van der Waals surface area contributed by atoms with Crippen molar-refractivity contribution in [1.82, 2.24) is 9.80 Å². The highest BCUT2D eigenvalue weighted by atomic mass is 79.9. The molecule has 2 aromatic carbocycles. The van der Waals surface area contributed by atoms with Gasteiger partial charge in [0.05, 0.1) is 17.7 Å². The topological polar surface area (TPSA) is 70.1 Å². The minimum atomic E-state index is -0.660. The molecule has 176 valence electrons. The Hall–Kier alpha value is -2.64. The molecule has 0 radical (unpaired) electrons. The lowest BCUT2D eigenvalue weighted by Crippen LogP contribution is -2.32. The van der Waals surface area contributed by atoms with E-state index in [-0.39, 0.29) is 17.4 Å². The van der Waals surface area contributed by atoms with Gasteiger partial charge in [0.25, 0.3) is 11.7 Å². The van der Waals surface area contributed by atoms with Gasteiger partial charge in [0.15, 0.2) is 0 Å². The van der Waals surface area contributed by atoms with Crippen LogP contribution in [0.2, 0.25) is 0 Å². The van der Waals surface area contributed by atoms with Crippen molar-refractivity contribution in [3.05, 3.63) is 69.2 Å². The summed E-state index contributed by atoms with van der Waals surface area (Å²) < 4.78 is 6.64. The van der Waals surface area contributed by atoms with Gasteiger partial charge < -0.3 is 19.6 Å². The summed E-state index contributed by atoms with van der Waals surface area (Å²) in [6, 6.07) is 12.2. The van der Waals surface area contributed by atoms with Crippen molar-refractivity contribution >= 4 is 33.4 Å². The molecule has 1 fully saturated rings. The number of rotatable bonds is 8. The standard InChI is InChI=1S/C26H31BrN2O4/c1-16(2)33-20-11-12-21(17(3)15-20)24(30)22-23(18-7-9-19(27)10-8-18)29(26(32)25(22)31)14-6-13-28(4)5/h7-12,15-16,23,30H,6,13-14H2,1-5H3/t23-/m0/s1. The van der Waals surface area contributed by atoms with Crippen molar-refractivity contribution in [2.45, 2.75) is 39.3 Å². The van der Waals surface area contributed by atoms with Gasteiger partial charge >= 0.3 is 0 Å². The van der Waals surface area contributed by atoms with E-state index in [1.165, 1.54) is 0 Å². The number of halogens is 1. The zero-order valence-electron chi connectivity index (χ0n) is 19.8. The highest BCUT2D eigenvalue weighted by molar-refractivity contribution is 9.10. The van der Waals surface area contributed by atoms with E-state index in [1.807, 2.05) is 70.1 Å². The Labute approximate surface area is 204 Å². The maximum absolute atomic E-state index is 13.1. The number of amides is 1. The van der Waals surface area contributed by atoms with Gasteiger partial charge in [-0.25, -0.2) is 0 Å². The summed E-state index contributed by atoms with van der Waals surface area (Å²) in [5, 5.41) is 11.3. The summed E-state index contributed by atoms with van der Waals surface area (Å²) in [7, 11) is 3.94. The second kappa shape index (κ2) is 10.5. The van der Waals surface area contributed by atoms with E-state index in [9.17, 15) is 14.7 Å². The van der Waals surface area contributed by atoms with E-state index < -0.39 is 17.7 Å². The predicted octanol–water partition coefficient (Wildman–Crippen LogP) is 4.92. The average molecular weight is 515 g/mol. The lowest BCUT2D eigenvalue weighted by atomic mass is 9.94. The van der Waals surface area contributed by atoms with E-state index >= 15 is 0 Å². The van der Waals surface area contributed by atoms with E-state index in [4.69, 9.17) is 4.74 Å². The lowest BCUT2D eigenvalue weighted by Gasteiger charge is -2.26. The second-order valence-corrected chi connectivity index (χ2v) is 9.76. The number of ether oxygens (including phenoxy) is 1. The van der Waals surface area contributed by atoms with Gasteiger partial charge in [-0.15, -0.1) is 0 Å². The number of nitrogens with zero attached hydrogens (tertiary/aromatic N) is 2. The van der Waals surface area contributed by atoms with Crippen LogP contribution in [0.3, 0.4) is 0 Å². The molecule has 0 bridgehead atoms. The number of Topliss-reactive ketones (excluding diaryl/α,β-unsaturated/α-hetero) is 1. The molecule has 1 aliphatic rings. The van der Waals surface area contributed by atoms with Gasteiger partial charge in [-0.05, 0) is 89.3 Å². The molecule has 0 unspecified atom stereocenters. The molecular formula is C26H31BrN2O4. The quantitative estimate of drug-likeness (QED) is 0.307. The number of hydrogen-bond donors (Lipinski definition) is 1. The summed E-state index contributed by atoms with van der Waals surface area (Å²) in [5.74, 6) is -0.717. The van der Waals surface area contributed by atoms with Crippen LogP contribution in [0.25, 0.3) is 5.76 Å². The van der Waals surface area contributed by atoms with Crippen LogP contribution in [0.4, 0.5) is 0 Å². The Morgan fingerprint density at radius 2 is 1.82 bits per heavy atom. The number of likely N-dealkylation sites (tertiary alicyclic amines) is 1.